The second kappa shape index (κ2) is 4.79. The van der Waals surface area contributed by atoms with E-state index in [4.69, 9.17) is 10.0 Å². The first kappa shape index (κ1) is 14.8. The van der Waals surface area contributed by atoms with E-state index >= 15 is 0 Å². The van der Waals surface area contributed by atoms with Crippen LogP contribution in [-0.2, 0) is 10.1 Å². The molecule has 0 fully saturated rings. The van der Waals surface area contributed by atoms with Crippen LogP contribution in [0.15, 0.2) is 18.2 Å². The molecule has 1 rings (SSSR count). The number of hydrogen-bond donors (Lipinski definition) is 2. The minimum atomic E-state index is -5.84. The predicted octanol–water partition coefficient (Wildman–Crippen LogP) is -0.0968. The first-order valence-corrected chi connectivity index (χ1v) is 5.93. The molecule has 0 aliphatic heterocycles. The summed E-state index contributed by atoms with van der Waals surface area (Å²) in [5, 5.41) is 17.9. The van der Waals surface area contributed by atoms with E-state index in [0.29, 0.717) is 5.56 Å². The van der Waals surface area contributed by atoms with Gasteiger partial charge < -0.3 is 14.2 Å². The van der Waals surface area contributed by atoms with E-state index in [0.717, 1.165) is 12.1 Å². The van der Waals surface area contributed by atoms with Crippen LogP contribution in [0.2, 0.25) is 0 Å². The summed E-state index contributed by atoms with van der Waals surface area (Å²) >= 11 is 0. The molecular formula is C8H8BF3O5S. The lowest BCUT2D eigenvalue weighted by atomic mass is 9.79. The third kappa shape index (κ3) is 3.15. The first-order chi connectivity index (χ1) is 8.04. The van der Waals surface area contributed by atoms with Crippen LogP contribution < -0.4 is 9.65 Å². The summed E-state index contributed by atoms with van der Waals surface area (Å²) < 4.78 is 61.7. The quantitative estimate of drug-likeness (QED) is 0.460. The monoisotopic (exact) mass is 284 g/mol. The van der Waals surface area contributed by atoms with E-state index in [2.05, 4.69) is 4.18 Å². The normalized spacial score (nSPS) is 12.3. The summed E-state index contributed by atoms with van der Waals surface area (Å²) in [7, 11) is -7.99. The van der Waals surface area contributed by atoms with Gasteiger partial charge in [-0.2, -0.15) is 21.6 Å². The fraction of sp³-hybridized carbons (Fsp3) is 0.250. The van der Waals surface area contributed by atoms with E-state index in [1.165, 1.54) is 13.0 Å². The fourth-order valence-corrected chi connectivity index (χ4v) is 1.59. The Bertz CT molecular complexity index is 540. The summed E-state index contributed by atoms with van der Waals surface area (Å²) in [5.41, 5.74) is -5.56. The van der Waals surface area contributed by atoms with E-state index in [9.17, 15) is 21.6 Å². The second-order valence-electron chi connectivity index (χ2n) is 3.40. The maximum Gasteiger partial charge on any atom is 0.534 e. The highest BCUT2D eigenvalue weighted by Gasteiger charge is 2.49. The van der Waals surface area contributed by atoms with Gasteiger partial charge in [0, 0.05) is 5.46 Å². The molecule has 0 aromatic heterocycles. The van der Waals surface area contributed by atoms with Crippen molar-refractivity contribution in [3.05, 3.63) is 23.8 Å². The van der Waals surface area contributed by atoms with Gasteiger partial charge in [-0.1, -0.05) is 17.7 Å². The lowest BCUT2D eigenvalue weighted by Gasteiger charge is -2.13. The van der Waals surface area contributed by atoms with Gasteiger partial charge in [-0.25, -0.2) is 0 Å². The molecule has 0 aliphatic rings. The summed E-state index contributed by atoms with van der Waals surface area (Å²) in [5.74, 6) is -0.784. The van der Waals surface area contributed by atoms with Crippen LogP contribution >= 0.6 is 0 Å². The summed E-state index contributed by atoms with van der Waals surface area (Å²) in [6.07, 6.45) is 0. The van der Waals surface area contributed by atoms with Crippen molar-refractivity contribution in [1.82, 2.24) is 0 Å². The molecule has 0 bridgehead atoms. The predicted molar refractivity (Wildman–Crippen MR) is 56.6 cm³/mol. The van der Waals surface area contributed by atoms with E-state index in [1.807, 2.05) is 0 Å². The van der Waals surface area contributed by atoms with Gasteiger partial charge in [-0.3, -0.25) is 0 Å². The Hall–Kier alpha value is -1.26. The Morgan fingerprint density at radius 1 is 1.28 bits per heavy atom. The van der Waals surface area contributed by atoms with Crippen molar-refractivity contribution in [1.29, 1.82) is 0 Å². The summed E-state index contributed by atoms with van der Waals surface area (Å²) in [4.78, 5) is 0. The van der Waals surface area contributed by atoms with Gasteiger partial charge in [0.25, 0.3) is 0 Å². The molecule has 5 nitrogen and oxygen atoms in total. The highest BCUT2D eigenvalue weighted by atomic mass is 32.2. The van der Waals surface area contributed by atoms with Crippen molar-refractivity contribution in [3.8, 4) is 5.75 Å². The molecule has 0 amide bonds. The van der Waals surface area contributed by atoms with E-state index in [1.54, 1.807) is 0 Å². The highest BCUT2D eigenvalue weighted by molar-refractivity contribution is 7.88. The number of aryl methyl sites for hydroxylation is 1. The van der Waals surface area contributed by atoms with Gasteiger partial charge in [0.2, 0.25) is 0 Å². The molecule has 18 heavy (non-hydrogen) atoms. The molecule has 0 spiro atoms. The Morgan fingerprint density at radius 2 is 1.83 bits per heavy atom. The third-order valence-corrected chi connectivity index (χ3v) is 2.89. The number of rotatable bonds is 3. The van der Waals surface area contributed by atoms with E-state index in [-0.39, 0.29) is 0 Å². The van der Waals surface area contributed by atoms with Crippen molar-refractivity contribution < 1.29 is 35.8 Å². The second-order valence-corrected chi connectivity index (χ2v) is 4.94. The molecule has 0 saturated heterocycles. The van der Waals surface area contributed by atoms with Crippen LogP contribution in [0.3, 0.4) is 0 Å². The maximum atomic E-state index is 12.1. The SMILES string of the molecule is Cc1ccc(OS(=O)(=O)C(F)(F)F)c(B(O)O)c1. The van der Waals surface area contributed by atoms with Crippen molar-refractivity contribution in [2.45, 2.75) is 12.4 Å². The molecule has 0 radical (unpaired) electrons. The largest absolute Gasteiger partial charge is 0.534 e. The topological polar surface area (TPSA) is 83.8 Å². The molecule has 100 valence electrons. The Balaban J connectivity index is 3.21. The number of benzene rings is 1. The highest BCUT2D eigenvalue weighted by Crippen LogP contribution is 2.26. The number of halogens is 3. The van der Waals surface area contributed by atoms with Crippen molar-refractivity contribution in [3.63, 3.8) is 0 Å². The maximum absolute atomic E-state index is 12.1. The zero-order chi connectivity index (χ0) is 14.1. The molecular weight excluding hydrogens is 276 g/mol. The summed E-state index contributed by atoms with van der Waals surface area (Å²) in [6.45, 7) is 1.54. The zero-order valence-corrected chi connectivity index (χ0v) is 9.79. The van der Waals surface area contributed by atoms with Gasteiger partial charge in [0.05, 0.1) is 0 Å². The van der Waals surface area contributed by atoms with Gasteiger partial charge >= 0.3 is 22.7 Å². The van der Waals surface area contributed by atoms with Crippen LogP contribution in [0.25, 0.3) is 0 Å². The molecule has 0 unspecified atom stereocenters. The molecule has 0 heterocycles. The Morgan fingerprint density at radius 3 is 2.28 bits per heavy atom. The van der Waals surface area contributed by atoms with E-state index < -0.39 is 34.0 Å². The first-order valence-electron chi connectivity index (χ1n) is 4.52. The minimum Gasteiger partial charge on any atom is -0.423 e. The number of hydrogen-bond acceptors (Lipinski definition) is 5. The minimum absolute atomic E-state index is 0.470. The average Bonchev–Trinajstić information content (AvgIpc) is 2.18. The Labute approximate surface area is 101 Å². The average molecular weight is 284 g/mol. The fourth-order valence-electron chi connectivity index (χ4n) is 1.11. The molecule has 10 heteroatoms. The molecule has 1 aromatic carbocycles. The van der Waals surface area contributed by atoms with Crippen LogP contribution in [0, 0.1) is 6.92 Å². The lowest BCUT2D eigenvalue weighted by molar-refractivity contribution is -0.0499. The van der Waals surface area contributed by atoms with Crippen molar-refractivity contribution >= 4 is 22.7 Å². The van der Waals surface area contributed by atoms with Gasteiger partial charge in [-0.15, -0.1) is 0 Å². The molecule has 1 aromatic rings. The zero-order valence-electron chi connectivity index (χ0n) is 8.97. The lowest BCUT2D eigenvalue weighted by Crippen LogP contribution is -2.35. The Kier molecular flexibility index (Phi) is 3.94. The van der Waals surface area contributed by atoms with Gasteiger partial charge in [0.1, 0.15) is 5.75 Å². The summed E-state index contributed by atoms with van der Waals surface area (Å²) in [6, 6.07) is 3.28. The molecule has 0 atom stereocenters. The number of alkyl halides is 3. The van der Waals surface area contributed by atoms with Gasteiger partial charge in [0.15, 0.2) is 0 Å². The van der Waals surface area contributed by atoms with Crippen LogP contribution in [0.5, 0.6) is 5.75 Å². The van der Waals surface area contributed by atoms with Crippen LogP contribution in [0.1, 0.15) is 5.56 Å². The van der Waals surface area contributed by atoms with Crippen molar-refractivity contribution in [2.75, 3.05) is 0 Å². The van der Waals surface area contributed by atoms with Crippen LogP contribution in [-0.4, -0.2) is 31.1 Å². The van der Waals surface area contributed by atoms with Crippen molar-refractivity contribution in [2.24, 2.45) is 0 Å². The van der Waals surface area contributed by atoms with Gasteiger partial charge in [-0.05, 0) is 13.0 Å². The molecule has 2 N–H and O–H groups in total. The third-order valence-electron chi connectivity index (χ3n) is 1.93. The molecule has 0 aliphatic carbocycles. The van der Waals surface area contributed by atoms with Crippen LogP contribution in [0.4, 0.5) is 13.2 Å². The standard InChI is InChI=1S/C8H8BF3O5S/c1-5-2-3-7(6(4-5)9(13)14)17-18(15,16)8(10,11)12/h2-4,13-14H,1H3. The smallest absolute Gasteiger partial charge is 0.423 e. The molecule has 0 saturated carbocycles.